The Hall–Kier alpha value is -2.57. The van der Waals surface area contributed by atoms with Gasteiger partial charge in [0.15, 0.2) is 11.5 Å². The van der Waals surface area contributed by atoms with Crippen molar-refractivity contribution in [3.63, 3.8) is 0 Å². The number of ether oxygens (including phenoxy) is 2. The van der Waals surface area contributed by atoms with Crippen molar-refractivity contribution in [3.8, 4) is 11.5 Å². The molecule has 27 heavy (non-hydrogen) atoms. The van der Waals surface area contributed by atoms with Gasteiger partial charge in [0.2, 0.25) is 5.91 Å². The molecule has 2 heterocycles. The van der Waals surface area contributed by atoms with Crippen LogP contribution in [0.25, 0.3) is 10.9 Å². The second-order valence-corrected chi connectivity index (χ2v) is 7.32. The third-order valence-corrected chi connectivity index (χ3v) is 5.74. The van der Waals surface area contributed by atoms with Gasteiger partial charge in [-0.2, -0.15) is 0 Å². The van der Waals surface area contributed by atoms with E-state index < -0.39 is 0 Å². The normalized spacial score (nSPS) is 18.2. The van der Waals surface area contributed by atoms with Crippen LogP contribution in [-0.4, -0.2) is 49.2 Å². The number of nitrogens with one attached hydrogen (secondary N) is 1. The minimum atomic E-state index is 0.240. The Morgan fingerprint density at radius 2 is 1.78 bits per heavy atom. The molecule has 1 aliphatic heterocycles. The van der Waals surface area contributed by atoms with E-state index in [1.165, 1.54) is 6.42 Å². The molecule has 1 saturated carbocycles. The van der Waals surface area contributed by atoms with Gasteiger partial charge in [0.05, 0.1) is 19.7 Å². The molecule has 1 saturated heterocycles. The van der Waals surface area contributed by atoms with Crippen LogP contribution in [0.4, 0.5) is 5.82 Å². The number of carbonyl (C=O) groups excluding carboxylic acids is 1. The molecule has 1 aliphatic carbocycles. The van der Waals surface area contributed by atoms with Crippen LogP contribution in [0, 0.1) is 5.92 Å². The van der Waals surface area contributed by atoms with Crippen molar-refractivity contribution in [2.45, 2.75) is 38.1 Å². The van der Waals surface area contributed by atoms with Crippen LogP contribution in [0.15, 0.2) is 18.5 Å². The maximum Gasteiger partial charge on any atom is 0.223 e. The standard InChI is InChI=1S/C20H26N4O3/c1-26-17-10-15-16(11-18(17)27-2)21-12-22-19(15)24-8-6-14(7-9-24)23-20(25)13-4-3-5-13/h10-14H,3-9H2,1-2H3,(H,23,25). The van der Waals surface area contributed by atoms with Crippen molar-refractivity contribution in [3.05, 3.63) is 18.5 Å². The van der Waals surface area contributed by atoms with Gasteiger partial charge in [-0.25, -0.2) is 9.97 Å². The van der Waals surface area contributed by atoms with Gasteiger partial charge < -0.3 is 19.7 Å². The fourth-order valence-corrected chi connectivity index (χ4v) is 3.85. The molecular formula is C20H26N4O3. The summed E-state index contributed by atoms with van der Waals surface area (Å²) >= 11 is 0. The van der Waals surface area contributed by atoms with Gasteiger partial charge in [0.25, 0.3) is 0 Å². The summed E-state index contributed by atoms with van der Waals surface area (Å²) < 4.78 is 10.8. The fraction of sp³-hybridized carbons (Fsp3) is 0.550. The number of rotatable bonds is 5. The molecule has 1 aromatic carbocycles. The highest BCUT2D eigenvalue weighted by atomic mass is 16.5. The van der Waals surface area contributed by atoms with E-state index in [0.29, 0.717) is 11.5 Å². The smallest absolute Gasteiger partial charge is 0.223 e. The summed E-state index contributed by atoms with van der Waals surface area (Å²) in [5.74, 6) is 2.72. The molecule has 0 atom stereocenters. The average molecular weight is 370 g/mol. The Morgan fingerprint density at radius 1 is 1.07 bits per heavy atom. The van der Waals surface area contributed by atoms with Gasteiger partial charge in [0, 0.05) is 36.5 Å². The number of nitrogens with zero attached hydrogens (tertiary/aromatic N) is 3. The van der Waals surface area contributed by atoms with Crippen molar-refractivity contribution in [2.24, 2.45) is 5.92 Å². The molecule has 1 amide bonds. The summed E-state index contributed by atoms with van der Waals surface area (Å²) in [6.45, 7) is 1.71. The first-order valence-corrected chi connectivity index (χ1v) is 9.61. The first-order chi connectivity index (χ1) is 13.2. The van der Waals surface area contributed by atoms with Gasteiger partial charge in [-0.3, -0.25) is 4.79 Å². The molecule has 0 bridgehead atoms. The molecule has 7 heteroatoms. The van der Waals surface area contributed by atoms with Gasteiger partial charge in [0.1, 0.15) is 12.1 Å². The minimum Gasteiger partial charge on any atom is -0.493 e. The SMILES string of the molecule is COc1cc2ncnc(N3CCC(NC(=O)C4CCC4)CC3)c2cc1OC. The average Bonchev–Trinajstić information content (AvgIpc) is 2.65. The molecule has 7 nitrogen and oxygen atoms in total. The van der Waals surface area contributed by atoms with Crippen LogP contribution >= 0.6 is 0 Å². The van der Waals surface area contributed by atoms with Crippen molar-refractivity contribution in [2.75, 3.05) is 32.2 Å². The van der Waals surface area contributed by atoms with Crippen LogP contribution in [-0.2, 0) is 4.79 Å². The fourth-order valence-electron chi connectivity index (χ4n) is 3.85. The van der Waals surface area contributed by atoms with Gasteiger partial charge in [-0.15, -0.1) is 0 Å². The van der Waals surface area contributed by atoms with E-state index in [1.807, 2.05) is 12.1 Å². The van der Waals surface area contributed by atoms with E-state index in [-0.39, 0.29) is 17.9 Å². The van der Waals surface area contributed by atoms with E-state index >= 15 is 0 Å². The molecule has 144 valence electrons. The van der Waals surface area contributed by atoms with Crippen molar-refractivity contribution in [1.29, 1.82) is 0 Å². The number of hydrogen-bond acceptors (Lipinski definition) is 6. The Morgan fingerprint density at radius 3 is 2.41 bits per heavy atom. The third-order valence-electron chi connectivity index (χ3n) is 5.74. The van der Waals surface area contributed by atoms with Crippen molar-refractivity contribution < 1.29 is 14.3 Å². The van der Waals surface area contributed by atoms with Crippen LogP contribution < -0.4 is 19.7 Å². The number of piperidine rings is 1. The summed E-state index contributed by atoms with van der Waals surface area (Å²) in [4.78, 5) is 23.4. The summed E-state index contributed by atoms with van der Waals surface area (Å²) in [7, 11) is 3.25. The molecular weight excluding hydrogens is 344 g/mol. The van der Waals surface area contributed by atoms with Gasteiger partial charge in [-0.1, -0.05) is 6.42 Å². The lowest BCUT2D eigenvalue weighted by molar-refractivity contribution is -0.128. The number of aromatic nitrogens is 2. The number of benzene rings is 1. The number of carbonyl (C=O) groups is 1. The lowest BCUT2D eigenvalue weighted by Gasteiger charge is -2.35. The predicted molar refractivity (Wildman–Crippen MR) is 103 cm³/mol. The monoisotopic (exact) mass is 370 g/mol. The van der Waals surface area contributed by atoms with Crippen molar-refractivity contribution in [1.82, 2.24) is 15.3 Å². The molecule has 0 unspecified atom stereocenters. The van der Waals surface area contributed by atoms with Crippen LogP contribution in [0.5, 0.6) is 11.5 Å². The maximum absolute atomic E-state index is 12.2. The Labute approximate surface area is 159 Å². The predicted octanol–water partition coefficient (Wildman–Crippen LogP) is 2.53. The first kappa shape index (κ1) is 17.8. The van der Waals surface area contributed by atoms with E-state index in [2.05, 4.69) is 20.2 Å². The summed E-state index contributed by atoms with van der Waals surface area (Å²) in [5.41, 5.74) is 0.832. The number of methoxy groups -OCH3 is 2. The number of amides is 1. The largest absolute Gasteiger partial charge is 0.493 e. The molecule has 1 aromatic heterocycles. The van der Waals surface area contributed by atoms with Crippen LogP contribution in [0.3, 0.4) is 0 Å². The number of hydrogen-bond donors (Lipinski definition) is 1. The highest BCUT2D eigenvalue weighted by molar-refractivity contribution is 5.92. The van der Waals surface area contributed by atoms with E-state index in [4.69, 9.17) is 9.47 Å². The minimum absolute atomic E-state index is 0.240. The van der Waals surface area contributed by atoms with Crippen molar-refractivity contribution >= 4 is 22.6 Å². The molecule has 2 fully saturated rings. The summed E-state index contributed by atoms with van der Waals surface area (Å²) in [6.07, 6.45) is 6.72. The lowest BCUT2D eigenvalue weighted by Crippen LogP contribution is -2.47. The number of anilines is 1. The molecule has 2 aromatic rings. The molecule has 1 N–H and O–H groups in total. The number of fused-ring (bicyclic) bond motifs is 1. The van der Waals surface area contributed by atoms with Gasteiger partial charge in [-0.05, 0) is 31.7 Å². The van der Waals surface area contributed by atoms with Crippen LogP contribution in [0.2, 0.25) is 0 Å². The Bertz CT molecular complexity index is 829. The zero-order chi connectivity index (χ0) is 18.8. The second-order valence-electron chi connectivity index (χ2n) is 7.32. The maximum atomic E-state index is 12.2. The highest BCUT2D eigenvalue weighted by Crippen LogP contribution is 2.35. The zero-order valence-corrected chi connectivity index (χ0v) is 15.9. The zero-order valence-electron chi connectivity index (χ0n) is 15.9. The quantitative estimate of drug-likeness (QED) is 0.872. The van der Waals surface area contributed by atoms with E-state index in [9.17, 15) is 4.79 Å². The molecule has 2 aliphatic rings. The topological polar surface area (TPSA) is 76.6 Å². The van der Waals surface area contributed by atoms with Crippen LogP contribution in [0.1, 0.15) is 32.1 Å². The second kappa shape index (κ2) is 7.58. The summed E-state index contributed by atoms with van der Waals surface area (Å²) in [5, 5.41) is 4.18. The van der Waals surface area contributed by atoms with Gasteiger partial charge >= 0.3 is 0 Å². The first-order valence-electron chi connectivity index (χ1n) is 9.61. The lowest BCUT2D eigenvalue weighted by atomic mass is 9.84. The van der Waals surface area contributed by atoms with E-state index in [1.54, 1.807) is 20.5 Å². The third kappa shape index (κ3) is 3.50. The van der Waals surface area contributed by atoms with E-state index in [0.717, 1.165) is 55.5 Å². The highest BCUT2D eigenvalue weighted by Gasteiger charge is 2.29. The Balaban J connectivity index is 1.49. The molecule has 0 spiro atoms. The molecule has 0 radical (unpaired) electrons. The molecule has 4 rings (SSSR count). The summed E-state index contributed by atoms with van der Waals surface area (Å²) in [6, 6.07) is 4.08. The Kier molecular flexibility index (Phi) is 5.01.